The maximum absolute atomic E-state index is 8.99. The monoisotopic (exact) mass is 127 g/mol. The van der Waals surface area contributed by atoms with Crippen molar-refractivity contribution in [2.75, 3.05) is 0 Å². The Bertz CT molecular complexity index is 193. The molecule has 0 aliphatic rings. The third-order valence-corrected chi connectivity index (χ3v) is 1.24. The zero-order valence-electron chi connectivity index (χ0n) is 5.46. The number of aryl methyl sites for hydroxylation is 1. The minimum Gasteiger partial charge on any atom is -0.389 e. The van der Waals surface area contributed by atoms with E-state index in [0.717, 1.165) is 5.56 Å². The van der Waals surface area contributed by atoms with E-state index in [-0.39, 0.29) is 0 Å². The highest BCUT2D eigenvalue weighted by Gasteiger charge is 2.06. The molecule has 3 nitrogen and oxygen atoms in total. The van der Waals surface area contributed by atoms with Gasteiger partial charge in [0, 0.05) is 5.56 Å². The molecule has 1 heterocycles. The summed E-state index contributed by atoms with van der Waals surface area (Å²) in [6.45, 7) is 3.45. The van der Waals surface area contributed by atoms with E-state index in [1.165, 1.54) is 6.20 Å². The fraction of sp³-hybridized carbons (Fsp3) is 0.500. The van der Waals surface area contributed by atoms with E-state index < -0.39 is 6.10 Å². The topological polar surface area (TPSA) is 46.3 Å². The SMILES string of the molecule is Cc1oncc1[C@@H](C)O. The molecule has 0 amide bonds. The standard InChI is InChI=1S/C6H9NO2/c1-4(8)6-3-7-9-5(6)2/h3-4,8H,1-2H3/t4-/m1/s1. The Morgan fingerprint density at radius 2 is 2.44 bits per heavy atom. The van der Waals surface area contributed by atoms with Crippen molar-refractivity contribution in [3.05, 3.63) is 17.5 Å². The Morgan fingerprint density at radius 1 is 1.78 bits per heavy atom. The summed E-state index contributed by atoms with van der Waals surface area (Å²) in [4.78, 5) is 0. The molecule has 0 aliphatic heterocycles. The van der Waals surface area contributed by atoms with Crippen LogP contribution < -0.4 is 0 Å². The van der Waals surface area contributed by atoms with Gasteiger partial charge in [-0.2, -0.15) is 0 Å². The fourth-order valence-electron chi connectivity index (χ4n) is 0.708. The molecule has 0 unspecified atom stereocenters. The van der Waals surface area contributed by atoms with E-state index in [0.29, 0.717) is 5.76 Å². The van der Waals surface area contributed by atoms with Crippen LogP contribution in [0.4, 0.5) is 0 Å². The number of nitrogens with zero attached hydrogens (tertiary/aromatic N) is 1. The van der Waals surface area contributed by atoms with Crippen LogP contribution in [0.2, 0.25) is 0 Å². The molecule has 0 radical (unpaired) electrons. The van der Waals surface area contributed by atoms with Gasteiger partial charge in [-0.1, -0.05) is 5.16 Å². The Morgan fingerprint density at radius 3 is 2.67 bits per heavy atom. The smallest absolute Gasteiger partial charge is 0.139 e. The quantitative estimate of drug-likeness (QED) is 0.613. The van der Waals surface area contributed by atoms with Gasteiger partial charge in [-0.25, -0.2) is 0 Å². The van der Waals surface area contributed by atoms with Gasteiger partial charge in [0.2, 0.25) is 0 Å². The summed E-state index contributed by atoms with van der Waals surface area (Å²) in [6.07, 6.45) is 1.05. The second-order valence-corrected chi connectivity index (χ2v) is 2.01. The maximum atomic E-state index is 8.99. The summed E-state index contributed by atoms with van der Waals surface area (Å²) >= 11 is 0. The zero-order chi connectivity index (χ0) is 6.85. The summed E-state index contributed by atoms with van der Waals surface area (Å²) < 4.78 is 4.72. The number of rotatable bonds is 1. The minimum absolute atomic E-state index is 0.476. The molecule has 0 fully saturated rings. The van der Waals surface area contributed by atoms with E-state index in [9.17, 15) is 0 Å². The van der Waals surface area contributed by atoms with Crippen molar-refractivity contribution >= 4 is 0 Å². The van der Waals surface area contributed by atoms with Crippen LogP contribution in [-0.4, -0.2) is 10.3 Å². The maximum Gasteiger partial charge on any atom is 0.139 e. The molecule has 1 atom stereocenters. The molecule has 0 spiro atoms. The van der Waals surface area contributed by atoms with Crippen LogP contribution in [0.1, 0.15) is 24.4 Å². The fourth-order valence-corrected chi connectivity index (χ4v) is 0.708. The molecule has 1 N–H and O–H groups in total. The molecule has 0 aromatic carbocycles. The molecule has 0 bridgehead atoms. The molecular weight excluding hydrogens is 118 g/mol. The summed E-state index contributed by atoms with van der Waals surface area (Å²) in [6, 6.07) is 0. The molecule has 0 aliphatic carbocycles. The van der Waals surface area contributed by atoms with Gasteiger partial charge in [0.1, 0.15) is 5.76 Å². The lowest BCUT2D eigenvalue weighted by Crippen LogP contribution is -1.89. The molecule has 1 aromatic heterocycles. The van der Waals surface area contributed by atoms with Gasteiger partial charge in [0.25, 0.3) is 0 Å². The first kappa shape index (κ1) is 6.29. The molecule has 3 heteroatoms. The third kappa shape index (κ3) is 1.10. The number of aliphatic hydroxyl groups excluding tert-OH is 1. The van der Waals surface area contributed by atoms with Crippen LogP contribution in [0.3, 0.4) is 0 Å². The average Bonchev–Trinajstić information content (AvgIpc) is 2.13. The van der Waals surface area contributed by atoms with E-state index >= 15 is 0 Å². The summed E-state index contributed by atoms with van der Waals surface area (Å²) in [5, 5.41) is 12.5. The predicted octanol–water partition coefficient (Wildman–Crippen LogP) is 1.04. The van der Waals surface area contributed by atoms with Crippen molar-refractivity contribution < 1.29 is 9.63 Å². The Hall–Kier alpha value is -0.830. The van der Waals surface area contributed by atoms with Crippen molar-refractivity contribution in [2.45, 2.75) is 20.0 Å². The molecule has 0 saturated carbocycles. The lowest BCUT2D eigenvalue weighted by Gasteiger charge is -1.96. The molecule has 9 heavy (non-hydrogen) atoms. The highest BCUT2D eigenvalue weighted by molar-refractivity contribution is 5.13. The van der Waals surface area contributed by atoms with E-state index in [1.54, 1.807) is 13.8 Å². The van der Waals surface area contributed by atoms with E-state index in [4.69, 9.17) is 9.63 Å². The Balaban J connectivity index is 2.94. The highest BCUT2D eigenvalue weighted by Crippen LogP contribution is 2.14. The van der Waals surface area contributed by atoms with Gasteiger partial charge in [-0.15, -0.1) is 0 Å². The molecule has 0 saturated heterocycles. The largest absolute Gasteiger partial charge is 0.389 e. The number of aliphatic hydroxyl groups is 1. The van der Waals surface area contributed by atoms with Crippen molar-refractivity contribution in [1.82, 2.24) is 5.16 Å². The van der Waals surface area contributed by atoms with Crippen LogP contribution in [-0.2, 0) is 0 Å². The van der Waals surface area contributed by atoms with Crippen molar-refractivity contribution in [3.8, 4) is 0 Å². The normalized spacial score (nSPS) is 13.7. The van der Waals surface area contributed by atoms with Crippen LogP contribution in [0.15, 0.2) is 10.7 Å². The first-order valence-corrected chi connectivity index (χ1v) is 2.81. The van der Waals surface area contributed by atoms with E-state index in [1.807, 2.05) is 0 Å². The lowest BCUT2D eigenvalue weighted by atomic mass is 10.2. The molecule has 50 valence electrons. The first-order valence-electron chi connectivity index (χ1n) is 2.81. The van der Waals surface area contributed by atoms with Crippen LogP contribution in [0, 0.1) is 6.92 Å². The second-order valence-electron chi connectivity index (χ2n) is 2.01. The first-order chi connectivity index (χ1) is 4.22. The van der Waals surface area contributed by atoms with Crippen LogP contribution in [0.25, 0.3) is 0 Å². The van der Waals surface area contributed by atoms with Crippen molar-refractivity contribution in [2.24, 2.45) is 0 Å². The molecule has 1 aromatic rings. The van der Waals surface area contributed by atoms with Gasteiger partial charge < -0.3 is 9.63 Å². The zero-order valence-corrected chi connectivity index (χ0v) is 5.46. The predicted molar refractivity (Wildman–Crippen MR) is 31.9 cm³/mol. The summed E-state index contributed by atoms with van der Waals surface area (Å²) in [5.41, 5.74) is 0.759. The van der Waals surface area contributed by atoms with Gasteiger partial charge in [0.15, 0.2) is 0 Å². The van der Waals surface area contributed by atoms with Crippen molar-refractivity contribution in [1.29, 1.82) is 0 Å². The average molecular weight is 127 g/mol. The number of aromatic nitrogens is 1. The summed E-state index contributed by atoms with van der Waals surface area (Å²) in [5.74, 6) is 0.685. The minimum atomic E-state index is -0.476. The Labute approximate surface area is 53.3 Å². The number of hydrogen-bond acceptors (Lipinski definition) is 3. The lowest BCUT2D eigenvalue weighted by molar-refractivity contribution is 0.197. The second kappa shape index (κ2) is 2.19. The molecule has 1 rings (SSSR count). The van der Waals surface area contributed by atoms with Gasteiger partial charge in [-0.3, -0.25) is 0 Å². The number of hydrogen-bond donors (Lipinski definition) is 1. The van der Waals surface area contributed by atoms with Crippen LogP contribution in [0.5, 0.6) is 0 Å². The summed E-state index contributed by atoms with van der Waals surface area (Å²) in [7, 11) is 0. The van der Waals surface area contributed by atoms with Gasteiger partial charge in [-0.05, 0) is 13.8 Å². The Kier molecular flexibility index (Phi) is 1.53. The van der Waals surface area contributed by atoms with Gasteiger partial charge >= 0.3 is 0 Å². The third-order valence-electron chi connectivity index (χ3n) is 1.24. The van der Waals surface area contributed by atoms with Crippen molar-refractivity contribution in [3.63, 3.8) is 0 Å². The van der Waals surface area contributed by atoms with Gasteiger partial charge in [0.05, 0.1) is 12.3 Å². The van der Waals surface area contributed by atoms with Crippen LogP contribution >= 0.6 is 0 Å². The highest BCUT2D eigenvalue weighted by atomic mass is 16.5. The molecular formula is C6H9NO2. The van der Waals surface area contributed by atoms with E-state index in [2.05, 4.69) is 5.16 Å².